The predicted molar refractivity (Wildman–Crippen MR) is 66.2 cm³/mol. The van der Waals surface area contributed by atoms with Crippen LogP contribution in [0.15, 0.2) is 0 Å². The molecule has 1 fully saturated rings. The molecule has 17 heavy (non-hydrogen) atoms. The highest BCUT2D eigenvalue weighted by Crippen LogP contribution is 2.17. The quantitative estimate of drug-likeness (QED) is 0.737. The topological polar surface area (TPSA) is 53.0 Å². The van der Waals surface area contributed by atoms with Crippen LogP contribution in [0.4, 0.5) is 0 Å². The van der Waals surface area contributed by atoms with Crippen molar-refractivity contribution in [3.63, 3.8) is 0 Å². The van der Waals surface area contributed by atoms with E-state index < -0.39 is 12.0 Å². The van der Waals surface area contributed by atoms with Crippen molar-refractivity contribution in [1.29, 1.82) is 0 Å². The first-order chi connectivity index (χ1) is 8.10. The molecule has 0 saturated carbocycles. The highest BCUT2D eigenvalue weighted by molar-refractivity contribution is 5.73. The first-order valence-corrected chi connectivity index (χ1v) is 6.26. The molecule has 0 amide bonds. The van der Waals surface area contributed by atoms with Crippen LogP contribution in [-0.2, 0) is 9.53 Å². The summed E-state index contributed by atoms with van der Waals surface area (Å²) in [4.78, 5) is 15.5. The Labute approximate surface area is 103 Å². The van der Waals surface area contributed by atoms with E-state index in [0.29, 0.717) is 6.04 Å². The van der Waals surface area contributed by atoms with Crippen LogP contribution in [-0.4, -0.2) is 73.4 Å². The largest absolute Gasteiger partial charge is 0.480 e. The number of carboxylic acids is 1. The van der Waals surface area contributed by atoms with Gasteiger partial charge >= 0.3 is 5.97 Å². The SMILES string of the molecule is CCN1CCC(N(C)C(COC)C(=O)O)CC1. The molecule has 0 aromatic heterocycles. The van der Waals surface area contributed by atoms with Gasteiger partial charge in [-0.2, -0.15) is 0 Å². The number of likely N-dealkylation sites (tertiary alicyclic amines) is 1. The molecule has 5 nitrogen and oxygen atoms in total. The monoisotopic (exact) mass is 244 g/mol. The number of aliphatic carboxylic acids is 1. The maximum absolute atomic E-state index is 11.2. The minimum absolute atomic E-state index is 0.250. The fourth-order valence-corrected chi connectivity index (χ4v) is 2.42. The van der Waals surface area contributed by atoms with Crippen LogP contribution in [0.3, 0.4) is 0 Å². The van der Waals surface area contributed by atoms with Gasteiger partial charge in [-0.1, -0.05) is 6.92 Å². The number of ether oxygens (including phenoxy) is 1. The molecule has 0 aromatic rings. The van der Waals surface area contributed by atoms with Crippen LogP contribution in [0.25, 0.3) is 0 Å². The third-order valence-electron chi connectivity index (χ3n) is 3.68. The lowest BCUT2D eigenvalue weighted by Gasteiger charge is -2.38. The van der Waals surface area contributed by atoms with Gasteiger partial charge in [0.25, 0.3) is 0 Å². The zero-order chi connectivity index (χ0) is 12.8. The van der Waals surface area contributed by atoms with E-state index in [2.05, 4.69) is 11.8 Å². The number of likely N-dealkylation sites (N-methyl/N-ethyl adjacent to an activating group) is 1. The van der Waals surface area contributed by atoms with Gasteiger partial charge in [0, 0.05) is 13.2 Å². The molecular weight excluding hydrogens is 220 g/mol. The molecule has 0 aliphatic carbocycles. The number of hydrogen-bond donors (Lipinski definition) is 1. The summed E-state index contributed by atoms with van der Waals surface area (Å²) in [7, 11) is 3.44. The van der Waals surface area contributed by atoms with Crippen LogP contribution >= 0.6 is 0 Å². The highest BCUT2D eigenvalue weighted by atomic mass is 16.5. The average molecular weight is 244 g/mol. The molecule has 1 aliphatic heterocycles. The van der Waals surface area contributed by atoms with Crippen molar-refractivity contribution in [3.8, 4) is 0 Å². The first kappa shape index (κ1) is 14.4. The van der Waals surface area contributed by atoms with Crippen molar-refractivity contribution >= 4 is 5.97 Å². The smallest absolute Gasteiger partial charge is 0.323 e. The van der Waals surface area contributed by atoms with Gasteiger partial charge in [-0.15, -0.1) is 0 Å². The van der Waals surface area contributed by atoms with Gasteiger partial charge in [0.05, 0.1) is 6.61 Å². The number of carbonyl (C=O) groups is 1. The van der Waals surface area contributed by atoms with Gasteiger partial charge in [0.15, 0.2) is 0 Å². The van der Waals surface area contributed by atoms with Crippen molar-refractivity contribution in [1.82, 2.24) is 9.80 Å². The van der Waals surface area contributed by atoms with Gasteiger partial charge < -0.3 is 14.7 Å². The molecule has 1 unspecified atom stereocenters. The Bertz CT molecular complexity index is 240. The molecule has 1 saturated heterocycles. The molecule has 1 atom stereocenters. The summed E-state index contributed by atoms with van der Waals surface area (Å²) in [5, 5.41) is 9.17. The van der Waals surface area contributed by atoms with Crippen LogP contribution in [0.1, 0.15) is 19.8 Å². The Morgan fingerprint density at radius 3 is 2.53 bits per heavy atom. The van der Waals surface area contributed by atoms with Crippen molar-refractivity contribution in [3.05, 3.63) is 0 Å². The van der Waals surface area contributed by atoms with Crippen molar-refractivity contribution in [2.45, 2.75) is 31.8 Å². The maximum Gasteiger partial charge on any atom is 0.323 e. The van der Waals surface area contributed by atoms with Crippen molar-refractivity contribution in [2.75, 3.05) is 40.4 Å². The molecular formula is C12H24N2O3. The van der Waals surface area contributed by atoms with E-state index in [-0.39, 0.29) is 6.61 Å². The summed E-state index contributed by atoms with van der Waals surface area (Å²) >= 11 is 0. The molecule has 0 radical (unpaired) electrons. The van der Waals surface area contributed by atoms with Crippen LogP contribution in [0, 0.1) is 0 Å². The number of carboxylic acid groups (broad SMARTS) is 1. The fourth-order valence-electron chi connectivity index (χ4n) is 2.42. The number of rotatable bonds is 6. The predicted octanol–water partition coefficient (Wildman–Crippen LogP) is 0.502. The van der Waals surface area contributed by atoms with Gasteiger partial charge in [0.2, 0.25) is 0 Å². The minimum atomic E-state index is -0.799. The molecule has 0 aromatic carbocycles. The lowest BCUT2D eigenvalue weighted by Crippen LogP contribution is -2.51. The second kappa shape index (κ2) is 6.93. The number of hydrogen-bond acceptors (Lipinski definition) is 4. The third kappa shape index (κ3) is 3.94. The van der Waals surface area contributed by atoms with Crippen LogP contribution in [0.5, 0.6) is 0 Å². The van der Waals surface area contributed by atoms with E-state index in [0.717, 1.165) is 32.5 Å². The number of nitrogens with zero attached hydrogens (tertiary/aromatic N) is 2. The van der Waals surface area contributed by atoms with E-state index in [1.165, 1.54) is 0 Å². The second-order valence-corrected chi connectivity index (χ2v) is 4.64. The van der Waals surface area contributed by atoms with E-state index in [1.807, 2.05) is 11.9 Å². The Kier molecular flexibility index (Phi) is 5.88. The summed E-state index contributed by atoms with van der Waals surface area (Å²) < 4.78 is 4.99. The Hall–Kier alpha value is -0.650. The molecule has 1 aliphatic rings. The highest BCUT2D eigenvalue weighted by Gasteiger charge is 2.30. The fraction of sp³-hybridized carbons (Fsp3) is 0.917. The summed E-state index contributed by atoms with van der Waals surface area (Å²) in [5.74, 6) is -0.799. The normalized spacial score (nSPS) is 20.7. The Morgan fingerprint density at radius 1 is 1.53 bits per heavy atom. The van der Waals surface area contributed by atoms with E-state index >= 15 is 0 Å². The lowest BCUT2D eigenvalue weighted by molar-refractivity contribution is -0.146. The molecule has 5 heteroatoms. The van der Waals surface area contributed by atoms with Crippen LogP contribution < -0.4 is 0 Å². The van der Waals surface area contributed by atoms with Gasteiger partial charge in [-0.3, -0.25) is 9.69 Å². The minimum Gasteiger partial charge on any atom is -0.480 e. The summed E-state index contributed by atoms with van der Waals surface area (Å²) in [6.45, 7) is 5.61. The van der Waals surface area contributed by atoms with E-state index in [1.54, 1.807) is 7.11 Å². The molecule has 1 heterocycles. The molecule has 0 spiro atoms. The van der Waals surface area contributed by atoms with Gasteiger partial charge in [0.1, 0.15) is 6.04 Å². The molecule has 100 valence electrons. The average Bonchev–Trinajstić information content (AvgIpc) is 2.35. The van der Waals surface area contributed by atoms with E-state index in [9.17, 15) is 9.90 Å². The van der Waals surface area contributed by atoms with Crippen LogP contribution in [0.2, 0.25) is 0 Å². The Morgan fingerprint density at radius 2 is 2.12 bits per heavy atom. The zero-order valence-electron chi connectivity index (χ0n) is 11.1. The number of piperidine rings is 1. The summed E-state index contributed by atoms with van der Waals surface area (Å²) in [6, 6.07) is -0.174. The summed E-state index contributed by atoms with van der Waals surface area (Å²) in [6.07, 6.45) is 2.08. The standard InChI is InChI=1S/C12H24N2O3/c1-4-14-7-5-10(6-8-14)13(2)11(9-17-3)12(15)16/h10-11H,4-9H2,1-3H3,(H,15,16). The molecule has 0 bridgehead atoms. The molecule has 1 rings (SSSR count). The lowest BCUT2D eigenvalue weighted by atomic mass is 10.0. The maximum atomic E-state index is 11.2. The first-order valence-electron chi connectivity index (χ1n) is 6.26. The summed E-state index contributed by atoms with van der Waals surface area (Å²) in [5.41, 5.74) is 0. The van der Waals surface area contributed by atoms with Gasteiger partial charge in [-0.05, 0) is 39.5 Å². The Balaban J connectivity index is 2.50. The van der Waals surface area contributed by atoms with Gasteiger partial charge in [-0.25, -0.2) is 0 Å². The second-order valence-electron chi connectivity index (χ2n) is 4.64. The molecule has 1 N–H and O–H groups in total. The zero-order valence-corrected chi connectivity index (χ0v) is 11.1. The number of methoxy groups -OCH3 is 1. The third-order valence-corrected chi connectivity index (χ3v) is 3.68. The van der Waals surface area contributed by atoms with Crippen molar-refractivity contribution in [2.24, 2.45) is 0 Å². The van der Waals surface area contributed by atoms with Crippen molar-refractivity contribution < 1.29 is 14.6 Å². The van der Waals surface area contributed by atoms with E-state index in [4.69, 9.17) is 4.74 Å².